The molecule has 0 saturated heterocycles. The minimum absolute atomic E-state index is 0. The summed E-state index contributed by atoms with van der Waals surface area (Å²) in [5, 5.41) is 6.83. The van der Waals surface area contributed by atoms with Crippen molar-refractivity contribution in [2.45, 2.75) is 48.3 Å². The highest BCUT2D eigenvalue weighted by molar-refractivity contribution is 14.0. The molecule has 0 aromatic heterocycles. The Balaban J connectivity index is 0.00000161. The molecule has 1 aromatic carbocycles. The molecule has 2 fully saturated rings. The van der Waals surface area contributed by atoms with Crippen LogP contribution in [0.1, 0.15) is 32.6 Å². The molecular formula is C16H24IN3S. The van der Waals surface area contributed by atoms with Crippen LogP contribution in [0.2, 0.25) is 0 Å². The lowest BCUT2D eigenvalue weighted by molar-refractivity contribution is 0.798. The van der Waals surface area contributed by atoms with Crippen molar-refractivity contribution >= 4 is 41.7 Å². The number of rotatable bonds is 6. The van der Waals surface area contributed by atoms with Crippen molar-refractivity contribution in [3.8, 4) is 0 Å². The van der Waals surface area contributed by atoms with Gasteiger partial charge in [0.1, 0.15) is 0 Å². The van der Waals surface area contributed by atoms with Crippen molar-refractivity contribution in [1.82, 2.24) is 10.6 Å². The number of aliphatic imine (C=N–C) groups is 1. The monoisotopic (exact) mass is 417 g/mol. The molecule has 0 amide bonds. The third-order valence-electron chi connectivity index (χ3n) is 3.67. The van der Waals surface area contributed by atoms with E-state index in [2.05, 4.69) is 47.9 Å². The number of nitrogens with zero attached hydrogens (tertiary/aromatic N) is 1. The predicted octanol–water partition coefficient (Wildman–Crippen LogP) is 3.65. The van der Waals surface area contributed by atoms with Crippen molar-refractivity contribution in [2.24, 2.45) is 4.99 Å². The molecule has 21 heavy (non-hydrogen) atoms. The van der Waals surface area contributed by atoms with Gasteiger partial charge in [0, 0.05) is 22.2 Å². The zero-order valence-corrected chi connectivity index (χ0v) is 15.6. The summed E-state index contributed by atoms with van der Waals surface area (Å²) in [4.78, 5) is 6.16. The maximum absolute atomic E-state index is 4.80. The van der Waals surface area contributed by atoms with Crippen LogP contribution in [-0.2, 0) is 0 Å². The average molecular weight is 417 g/mol. The van der Waals surface area contributed by atoms with Gasteiger partial charge in [-0.25, -0.2) is 0 Å². The average Bonchev–Trinajstić information content (AvgIpc) is 3.36. The van der Waals surface area contributed by atoms with Crippen molar-refractivity contribution in [1.29, 1.82) is 0 Å². The largest absolute Gasteiger partial charge is 0.357 e. The second kappa shape index (κ2) is 7.72. The van der Waals surface area contributed by atoms with Crippen molar-refractivity contribution in [3.05, 3.63) is 30.3 Å². The summed E-state index contributed by atoms with van der Waals surface area (Å²) in [6.45, 7) is 3.96. The molecule has 1 aromatic rings. The molecule has 0 heterocycles. The van der Waals surface area contributed by atoms with Crippen LogP contribution in [0.15, 0.2) is 40.2 Å². The van der Waals surface area contributed by atoms with Crippen LogP contribution in [0.5, 0.6) is 0 Å². The first-order valence-corrected chi connectivity index (χ1v) is 8.40. The van der Waals surface area contributed by atoms with Crippen LogP contribution in [0.4, 0.5) is 0 Å². The lowest BCUT2D eigenvalue weighted by Crippen LogP contribution is -2.39. The van der Waals surface area contributed by atoms with Gasteiger partial charge in [-0.2, -0.15) is 0 Å². The Hall–Kier alpha value is -0.430. The van der Waals surface area contributed by atoms with Gasteiger partial charge in [0.05, 0.1) is 6.54 Å². The van der Waals surface area contributed by atoms with Gasteiger partial charge in [0.2, 0.25) is 0 Å². The van der Waals surface area contributed by atoms with Gasteiger partial charge in [0.25, 0.3) is 0 Å². The maximum Gasteiger partial charge on any atom is 0.191 e. The fraction of sp³-hybridized carbons (Fsp3) is 0.562. The normalized spacial score (nSPS) is 19.6. The molecule has 0 spiro atoms. The number of hydrogen-bond acceptors (Lipinski definition) is 2. The SMILES string of the molecule is CCNC(=NCC1(Sc2ccccc2)CC1)NC1CC1.I. The van der Waals surface area contributed by atoms with Crippen LogP contribution in [-0.4, -0.2) is 29.8 Å². The zero-order valence-electron chi connectivity index (χ0n) is 12.5. The predicted molar refractivity (Wildman–Crippen MR) is 102 cm³/mol. The molecule has 2 aliphatic carbocycles. The number of nitrogens with one attached hydrogen (secondary N) is 2. The van der Waals surface area contributed by atoms with Crippen LogP contribution < -0.4 is 10.6 Å². The third kappa shape index (κ3) is 5.36. The van der Waals surface area contributed by atoms with E-state index in [9.17, 15) is 0 Å². The molecule has 0 aliphatic heterocycles. The Bertz CT molecular complexity index is 470. The molecule has 2 saturated carbocycles. The van der Waals surface area contributed by atoms with Gasteiger partial charge < -0.3 is 10.6 Å². The first-order valence-electron chi connectivity index (χ1n) is 7.59. The Morgan fingerprint density at radius 3 is 2.57 bits per heavy atom. The van der Waals surface area contributed by atoms with E-state index in [4.69, 9.17) is 4.99 Å². The summed E-state index contributed by atoms with van der Waals surface area (Å²) in [7, 11) is 0. The van der Waals surface area contributed by atoms with E-state index in [0.29, 0.717) is 10.8 Å². The van der Waals surface area contributed by atoms with Crippen molar-refractivity contribution in [2.75, 3.05) is 13.1 Å². The lowest BCUT2D eigenvalue weighted by Gasteiger charge is -2.15. The molecule has 0 unspecified atom stereocenters. The van der Waals surface area contributed by atoms with Gasteiger partial charge >= 0.3 is 0 Å². The first-order chi connectivity index (χ1) is 9.80. The third-order valence-corrected chi connectivity index (χ3v) is 5.15. The van der Waals surface area contributed by atoms with Gasteiger partial charge in [-0.05, 0) is 44.7 Å². The molecule has 0 bridgehead atoms. The van der Waals surface area contributed by atoms with Gasteiger partial charge in [-0.15, -0.1) is 35.7 Å². The summed E-state index contributed by atoms with van der Waals surface area (Å²) in [6.07, 6.45) is 5.13. The summed E-state index contributed by atoms with van der Waals surface area (Å²) in [5.41, 5.74) is 0. The van der Waals surface area contributed by atoms with Crippen molar-refractivity contribution in [3.63, 3.8) is 0 Å². The summed E-state index contributed by atoms with van der Waals surface area (Å²) < 4.78 is 0.341. The van der Waals surface area contributed by atoms with Gasteiger partial charge in [0.15, 0.2) is 5.96 Å². The number of hydrogen-bond donors (Lipinski definition) is 2. The summed E-state index contributed by atoms with van der Waals surface area (Å²) in [6, 6.07) is 11.3. The van der Waals surface area contributed by atoms with Crippen LogP contribution in [0.25, 0.3) is 0 Å². The van der Waals surface area contributed by atoms with E-state index in [-0.39, 0.29) is 24.0 Å². The number of halogens is 1. The summed E-state index contributed by atoms with van der Waals surface area (Å²) >= 11 is 1.99. The van der Waals surface area contributed by atoms with E-state index in [0.717, 1.165) is 19.0 Å². The van der Waals surface area contributed by atoms with Crippen molar-refractivity contribution < 1.29 is 0 Å². The fourth-order valence-electron chi connectivity index (χ4n) is 2.13. The smallest absolute Gasteiger partial charge is 0.191 e. The van der Waals surface area contributed by atoms with E-state index >= 15 is 0 Å². The standard InChI is InChI=1S/C16H23N3S.HI/c1-2-17-15(19-13-8-9-13)18-12-16(10-11-16)20-14-6-4-3-5-7-14;/h3-7,13H,2,8-12H2,1H3,(H2,17,18,19);1H. The number of thioether (sulfide) groups is 1. The Morgan fingerprint density at radius 1 is 1.29 bits per heavy atom. The second-order valence-corrected chi connectivity index (χ2v) is 7.25. The van der Waals surface area contributed by atoms with Crippen LogP contribution in [0, 0.1) is 0 Å². The number of guanidine groups is 1. The molecule has 116 valence electrons. The molecule has 2 N–H and O–H groups in total. The minimum atomic E-state index is 0. The molecular weight excluding hydrogens is 393 g/mol. The van der Waals surface area contributed by atoms with E-state index in [1.807, 2.05) is 11.8 Å². The molecule has 0 radical (unpaired) electrons. The van der Waals surface area contributed by atoms with E-state index in [1.54, 1.807) is 0 Å². The first kappa shape index (κ1) is 16.9. The minimum Gasteiger partial charge on any atom is -0.357 e. The van der Waals surface area contributed by atoms with Gasteiger partial charge in [-0.3, -0.25) is 4.99 Å². The second-order valence-electron chi connectivity index (χ2n) is 5.71. The Labute approximate surface area is 148 Å². The lowest BCUT2D eigenvalue weighted by atomic mass is 10.4. The van der Waals surface area contributed by atoms with Crippen LogP contribution in [0.3, 0.4) is 0 Å². The summed E-state index contributed by atoms with van der Waals surface area (Å²) in [5.74, 6) is 0.995. The highest BCUT2D eigenvalue weighted by atomic mass is 127. The zero-order chi connectivity index (χ0) is 13.8. The highest BCUT2D eigenvalue weighted by Crippen LogP contribution is 2.51. The molecule has 5 heteroatoms. The number of benzene rings is 1. The fourth-order valence-corrected chi connectivity index (χ4v) is 3.36. The quantitative estimate of drug-likeness (QED) is 0.422. The topological polar surface area (TPSA) is 36.4 Å². The highest BCUT2D eigenvalue weighted by Gasteiger charge is 2.43. The van der Waals surface area contributed by atoms with E-state index < -0.39 is 0 Å². The Morgan fingerprint density at radius 2 is 2.00 bits per heavy atom. The maximum atomic E-state index is 4.80. The van der Waals surface area contributed by atoms with E-state index in [1.165, 1.54) is 30.6 Å². The molecule has 2 aliphatic rings. The van der Waals surface area contributed by atoms with Crippen LogP contribution >= 0.6 is 35.7 Å². The molecule has 3 rings (SSSR count). The molecule has 3 nitrogen and oxygen atoms in total. The van der Waals surface area contributed by atoms with Gasteiger partial charge in [-0.1, -0.05) is 18.2 Å². The Kier molecular flexibility index (Phi) is 6.22. The molecule has 0 atom stereocenters.